The smallest absolute Gasteiger partial charge is 0.162 e. The molecular weight excluding hydrogens is 382 g/mol. The van der Waals surface area contributed by atoms with Crippen LogP contribution in [0.25, 0.3) is 0 Å². The van der Waals surface area contributed by atoms with E-state index in [-0.39, 0.29) is 12.2 Å². The van der Waals surface area contributed by atoms with E-state index in [2.05, 4.69) is 17.0 Å². The largest absolute Gasteiger partial charge is 0.493 e. The number of oxime groups is 1. The van der Waals surface area contributed by atoms with Crippen LogP contribution < -0.4 is 18.9 Å². The number of ether oxygens (including phenoxy) is 4. The van der Waals surface area contributed by atoms with Gasteiger partial charge in [0.2, 0.25) is 0 Å². The maximum absolute atomic E-state index is 8.83. The first-order valence-electron chi connectivity index (χ1n) is 9.78. The van der Waals surface area contributed by atoms with Crippen molar-refractivity contribution in [1.29, 1.82) is 0 Å². The van der Waals surface area contributed by atoms with Gasteiger partial charge >= 0.3 is 0 Å². The number of hydrogen-bond acceptors (Lipinski definition) is 6. The van der Waals surface area contributed by atoms with Crippen molar-refractivity contribution < 1.29 is 24.2 Å². The minimum Gasteiger partial charge on any atom is -0.493 e. The average molecular weight is 411 g/mol. The van der Waals surface area contributed by atoms with E-state index >= 15 is 0 Å². The average Bonchev–Trinajstić information content (AvgIpc) is 2.70. The zero-order chi connectivity index (χ0) is 22.1. The normalized spacial score (nSPS) is 10.8. The molecule has 0 saturated heterocycles. The molecule has 0 bridgehead atoms. The molecule has 0 radical (unpaired) electrons. The Balaban J connectivity index is 2.49. The highest BCUT2D eigenvalue weighted by Crippen LogP contribution is 2.32. The summed E-state index contributed by atoms with van der Waals surface area (Å²) in [6.45, 7) is 7.82. The number of rotatable bonds is 8. The van der Waals surface area contributed by atoms with Crippen LogP contribution in [0.3, 0.4) is 0 Å². The molecule has 0 spiro atoms. The molecule has 0 fully saturated rings. The second kappa shape index (κ2) is 11.0. The predicted octanol–water partition coefficient (Wildman–Crippen LogP) is 4.68. The van der Waals surface area contributed by atoms with Gasteiger partial charge in [-0.1, -0.05) is 11.8 Å². The Bertz CT molecular complexity index is 939. The van der Waals surface area contributed by atoms with Gasteiger partial charge < -0.3 is 24.2 Å². The molecule has 0 atom stereocenters. The molecular formula is C24H29NO5. The summed E-state index contributed by atoms with van der Waals surface area (Å²) in [6.07, 6.45) is 1.82. The highest BCUT2D eigenvalue weighted by Gasteiger charge is 2.12. The molecule has 6 heteroatoms. The van der Waals surface area contributed by atoms with E-state index in [0.717, 1.165) is 16.7 Å². The third kappa shape index (κ3) is 6.35. The lowest BCUT2D eigenvalue weighted by Crippen LogP contribution is -2.08. The fraction of sp³-hybridized carbons (Fsp3) is 0.375. The SMILES string of the molecule is COc1ccc(C#Cc2cc(OC(C)C)c(OC)cc2C/C=N/O)cc1OC(C)C. The molecule has 0 aliphatic rings. The lowest BCUT2D eigenvalue weighted by Gasteiger charge is -2.15. The minimum atomic E-state index is -0.0121. The predicted molar refractivity (Wildman–Crippen MR) is 117 cm³/mol. The Morgan fingerprint density at radius 1 is 0.867 bits per heavy atom. The Morgan fingerprint density at radius 2 is 1.50 bits per heavy atom. The molecule has 0 aliphatic carbocycles. The van der Waals surface area contributed by atoms with E-state index in [0.29, 0.717) is 29.4 Å². The molecule has 0 saturated carbocycles. The van der Waals surface area contributed by atoms with Crippen LogP contribution >= 0.6 is 0 Å². The van der Waals surface area contributed by atoms with Gasteiger partial charge in [0.15, 0.2) is 23.0 Å². The van der Waals surface area contributed by atoms with Crippen LogP contribution in [0.5, 0.6) is 23.0 Å². The van der Waals surface area contributed by atoms with Crippen molar-refractivity contribution in [2.45, 2.75) is 46.3 Å². The Kier molecular flexibility index (Phi) is 8.42. The molecule has 2 aromatic rings. The molecule has 0 heterocycles. The molecule has 6 nitrogen and oxygen atoms in total. The summed E-state index contributed by atoms with van der Waals surface area (Å²) < 4.78 is 22.5. The second-order valence-electron chi connectivity index (χ2n) is 7.11. The zero-order valence-electron chi connectivity index (χ0n) is 18.4. The van der Waals surface area contributed by atoms with Crippen molar-refractivity contribution >= 4 is 6.21 Å². The van der Waals surface area contributed by atoms with Crippen molar-refractivity contribution in [3.63, 3.8) is 0 Å². The Labute approximate surface area is 178 Å². The third-order valence-electron chi connectivity index (χ3n) is 4.01. The van der Waals surface area contributed by atoms with Gasteiger partial charge in [-0.2, -0.15) is 0 Å². The van der Waals surface area contributed by atoms with Crippen LogP contribution in [-0.4, -0.2) is 37.8 Å². The molecule has 30 heavy (non-hydrogen) atoms. The Hall–Kier alpha value is -3.33. The summed E-state index contributed by atoms with van der Waals surface area (Å²) in [7, 11) is 3.20. The third-order valence-corrected chi connectivity index (χ3v) is 4.01. The molecule has 2 rings (SSSR count). The van der Waals surface area contributed by atoms with Gasteiger partial charge in [0, 0.05) is 23.8 Å². The highest BCUT2D eigenvalue weighted by molar-refractivity contribution is 5.66. The van der Waals surface area contributed by atoms with Crippen LogP contribution in [0.15, 0.2) is 35.5 Å². The summed E-state index contributed by atoms with van der Waals surface area (Å²) in [5.74, 6) is 8.89. The van der Waals surface area contributed by atoms with Crippen LogP contribution in [-0.2, 0) is 6.42 Å². The minimum absolute atomic E-state index is 0.0121. The summed E-state index contributed by atoms with van der Waals surface area (Å²) in [5.41, 5.74) is 2.41. The maximum atomic E-state index is 8.83. The zero-order valence-corrected chi connectivity index (χ0v) is 18.4. The van der Waals surface area contributed by atoms with Gasteiger partial charge in [-0.3, -0.25) is 0 Å². The monoisotopic (exact) mass is 411 g/mol. The van der Waals surface area contributed by atoms with E-state index in [4.69, 9.17) is 24.2 Å². The highest BCUT2D eigenvalue weighted by atomic mass is 16.5. The molecule has 0 aliphatic heterocycles. The summed E-state index contributed by atoms with van der Waals surface area (Å²) in [6, 6.07) is 9.27. The van der Waals surface area contributed by atoms with Crippen molar-refractivity contribution in [1.82, 2.24) is 0 Å². The number of methoxy groups -OCH3 is 2. The molecule has 160 valence electrons. The van der Waals surface area contributed by atoms with E-state index < -0.39 is 0 Å². The first-order chi connectivity index (χ1) is 14.4. The van der Waals surface area contributed by atoms with Crippen molar-refractivity contribution in [2.24, 2.45) is 5.16 Å². The molecule has 1 N–H and O–H groups in total. The van der Waals surface area contributed by atoms with Crippen molar-refractivity contribution in [3.8, 4) is 34.8 Å². The maximum Gasteiger partial charge on any atom is 0.162 e. The van der Waals surface area contributed by atoms with Crippen LogP contribution in [0.4, 0.5) is 0 Å². The van der Waals surface area contributed by atoms with E-state index in [1.807, 2.05) is 58.0 Å². The van der Waals surface area contributed by atoms with Gasteiger partial charge in [-0.05, 0) is 63.6 Å². The molecule has 0 amide bonds. The van der Waals surface area contributed by atoms with E-state index in [1.165, 1.54) is 6.21 Å². The first-order valence-corrected chi connectivity index (χ1v) is 9.78. The molecule has 2 aromatic carbocycles. The Morgan fingerprint density at radius 3 is 2.07 bits per heavy atom. The van der Waals surface area contributed by atoms with Gasteiger partial charge in [0.05, 0.1) is 26.4 Å². The van der Waals surface area contributed by atoms with Gasteiger partial charge in [-0.15, -0.1) is 5.16 Å². The lowest BCUT2D eigenvalue weighted by atomic mass is 10.0. The fourth-order valence-corrected chi connectivity index (χ4v) is 2.77. The van der Waals surface area contributed by atoms with Crippen molar-refractivity contribution in [2.75, 3.05) is 14.2 Å². The quantitative estimate of drug-likeness (QED) is 0.296. The summed E-state index contributed by atoms with van der Waals surface area (Å²) in [4.78, 5) is 0. The van der Waals surface area contributed by atoms with E-state index in [9.17, 15) is 0 Å². The first kappa shape index (κ1) is 23.0. The van der Waals surface area contributed by atoms with Crippen LogP contribution in [0.2, 0.25) is 0 Å². The van der Waals surface area contributed by atoms with Gasteiger partial charge in [0.1, 0.15) is 0 Å². The van der Waals surface area contributed by atoms with Gasteiger partial charge in [-0.25, -0.2) is 0 Å². The van der Waals surface area contributed by atoms with Crippen LogP contribution in [0.1, 0.15) is 44.4 Å². The number of nitrogens with zero attached hydrogens (tertiary/aromatic N) is 1. The molecule has 0 unspecified atom stereocenters. The summed E-state index contributed by atoms with van der Waals surface area (Å²) >= 11 is 0. The number of benzene rings is 2. The lowest BCUT2D eigenvalue weighted by molar-refractivity contribution is 0.230. The topological polar surface area (TPSA) is 69.5 Å². The molecule has 0 aromatic heterocycles. The fourth-order valence-electron chi connectivity index (χ4n) is 2.77. The standard InChI is InChI=1S/C24H29NO5/c1-16(2)29-23-13-18(8-10-21(23)27-5)7-9-19-15-24(30-17(3)4)22(28-6)14-20(19)11-12-25-26/h8,10,12-17,26H,11H2,1-6H3/b25-12+. The van der Waals surface area contributed by atoms with Gasteiger partial charge in [0.25, 0.3) is 0 Å². The van der Waals surface area contributed by atoms with Crippen LogP contribution in [0, 0.1) is 11.8 Å². The summed E-state index contributed by atoms with van der Waals surface area (Å²) in [5, 5.41) is 11.9. The number of hydrogen-bond donors (Lipinski definition) is 1. The van der Waals surface area contributed by atoms with Crippen molar-refractivity contribution in [3.05, 3.63) is 47.0 Å². The van der Waals surface area contributed by atoms with E-state index in [1.54, 1.807) is 14.2 Å². The second-order valence-corrected chi connectivity index (χ2v) is 7.11.